The Balaban J connectivity index is 2.27. The summed E-state index contributed by atoms with van der Waals surface area (Å²) >= 11 is 5.57. The molecule has 0 unspecified atom stereocenters. The highest BCUT2D eigenvalue weighted by Crippen LogP contribution is 2.25. The number of rotatable bonds is 3. The van der Waals surface area contributed by atoms with Gasteiger partial charge in [-0.1, -0.05) is 11.6 Å². The van der Waals surface area contributed by atoms with E-state index in [1.165, 1.54) is 19.2 Å². The van der Waals surface area contributed by atoms with E-state index in [9.17, 15) is 9.18 Å². The molecule has 0 spiro atoms. The van der Waals surface area contributed by atoms with E-state index in [0.29, 0.717) is 11.4 Å². The predicted molar refractivity (Wildman–Crippen MR) is 62.8 cm³/mol. The van der Waals surface area contributed by atoms with Crippen LogP contribution in [-0.4, -0.2) is 25.3 Å². The maximum Gasteiger partial charge on any atom is 0.253 e. The van der Waals surface area contributed by atoms with Gasteiger partial charge in [-0.2, -0.15) is 5.10 Å². The van der Waals surface area contributed by atoms with E-state index in [-0.39, 0.29) is 24.0 Å². The van der Waals surface area contributed by atoms with Crippen LogP contribution in [0.1, 0.15) is 6.42 Å². The number of carbonyl (C=O) groups excluding carboxylic acids is 1. The van der Waals surface area contributed by atoms with E-state index < -0.39 is 5.82 Å². The highest BCUT2D eigenvalue weighted by molar-refractivity contribution is 6.30. The fraction of sp³-hybridized carbons (Fsp3) is 0.273. The normalized spacial score (nSPS) is 15.4. The molecule has 6 heteroatoms. The number of methoxy groups -OCH3 is 1. The Morgan fingerprint density at radius 1 is 1.59 bits per heavy atom. The third-order valence-electron chi connectivity index (χ3n) is 2.29. The Kier molecular flexibility index (Phi) is 3.40. The number of benzene rings is 1. The molecule has 0 atom stereocenters. The number of halogens is 2. The standard InChI is InChI=1S/C11H10ClFN2O2/c1-17-6-7-4-11(16)15(14-7)8-2-3-9(12)10(13)5-8/h2-3,5H,4,6H2,1H3. The van der Waals surface area contributed by atoms with Crippen molar-refractivity contribution in [3.8, 4) is 0 Å². The van der Waals surface area contributed by atoms with Gasteiger partial charge in [-0.15, -0.1) is 0 Å². The molecule has 1 aliphatic rings. The molecule has 1 aliphatic heterocycles. The van der Waals surface area contributed by atoms with Gasteiger partial charge >= 0.3 is 0 Å². The first-order chi connectivity index (χ1) is 8.11. The molecule has 0 radical (unpaired) electrons. The van der Waals surface area contributed by atoms with Gasteiger partial charge in [-0.25, -0.2) is 9.40 Å². The Morgan fingerprint density at radius 2 is 2.35 bits per heavy atom. The van der Waals surface area contributed by atoms with Crippen molar-refractivity contribution in [3.05, 3.63) is 29.0 Å². The minimum atomic E-state index is -0.577. The van der Waals surface area contributed by atoms with Crippen LogP contribution in [0.25, 0.3) is 0 Å². The first kappa shape index (κ1) is 12.0. The second-order valence-electron chi connectivity index (χ2n) is 3.58. The lowest BCUT2D eigenvalue weighted by molar-refractivity contribution is -0.116. The first-order valence-corrected chi connectivity index (χ1v) is 5.33. The van der Waals surface area contributed by atoms with Crippen LogP contribution in [0, 0.1) is 5.82 Å². The average Bonchev–Trinajstić information content (AvgIpc) is 2.64. The van der Waals surface area contributed by atoms with Gasteiger partial charge < -0.3 is 4.74 Å². The lowest BCUT2D eigenvalue weighted by Crippen LogP contribution is -2.19. The number of nitrogens with zero attached hydrogens (tertiary/aromatic N) is 2. The Labute approximate surface area is 103 Å². The zero-order valence-electron chi connectivity index (χ0n) is 9.11. The summed E-state index contributed by atoms with van der Waals surface area (Å²) in [7, 11) is 1.53. The van der Waals surface area contributed by atoms with Crippen molar-refractivity contribution in [2.24, 2.45) is 5.10 Å². The quantitative estimate of drug-likeness (QED) is 0.832. The number of hydrazone groups is 1. The Hall–Kier alpha value is -1.46. The van der Waals surface area contributed by atoms with Gasteiger partial charge in [0.1, 0.15) is 5.82 Å². The summed E-state index contributed by atoms with van der Waals surface area (Å²) in [5, 5.41) is 5.24. The van der Waals surface area contributed by atoms with Crippen molar-refractivity contribution >= 4 is 28.9 Å². The molecular weight excluding hydrogens is 247 g/mol. The summed E-state index contributed by atoms with van der Waals surface area (Å²) in [4.78, 5) is 11.7. The van der Waals surface area contributed by atoms with Gasteiger partial charge in [-0.3, -0.25) is 4.79 Å². The highest BCUT2D eigenvalue weighted by atomic mass is 35.5. The summed E-state index contributed by atoms with van der Waals surface area (Å²) in [6.07, 6.45) is 0.193. The Morgan fingerprint density at radius 3 is 3.00 bits per heavy atom. The van der Waals surface area contributed by atoms with Crippen LogP contribution < -0.4 is 5.01 Å². The van der Waals surface area contributed by atoms with E-state index in [1.807, 2.05) is 0 Å². The number of ether oxygens (including phenoxy) is 1. The summed E-state index contributed by atoms with van der Waals surface area (Å²) in [5.41, 5.74) is 0.982. The van der Waals surface area contributed by atoms with Gasteiger partial charge in [0.05, 0.1) is 29.4 Å². The molecule has 1 amide bonds. The third kappa shape index (κ3) is 2.45. The van der Waals surface area contributed by atoms with Crippen molar-refractivity contribution in [3.63, 3.8) is 0 Å². The number of hydrogen-bond donors (Lipinski definition) is 0. The molecular formula is C11H10ClFN2O2. The first-order valence-electron chi connectivity index (χ1n) is 4.95. The lowest BCUT2D eigenvalue weighted by Gasteiger charge is -2.11. The minimum Gasteiger partial charge on any atom is -0.379 e. The summed E-state index contributed by atoms with van der Waals surface area (Å²) in [6.45, 7) is 0.290. The summed E-state index contributed by atoms with van der Waals surface area (Å²) < 4.78 is 18.2. The van der Waals surface area contributed by atoms with Crippen molar-refractivity contribution in [1.29, 1.82) is 0 Å². The predicted octanol–water partition coefficient (Wildman–Crippen LogP) is 2.22. The number of anilines is 1. The van der Waals surface area contributed by atoms with E-state index in [0.717, 1.165) is 5.01 Å². The molecule has 17 heavy (non-hydrogen) atoms. The lowest BCUT2D eigenvalue weighted by atomic mass is 10.2. The molecule has 2 rings (SSSR count). The minimum absolute atomic E-state index is 0.0153. The van der Waals surface area contributed by atoms with Crippen LogP contribution in [0.3, 0.4) is 0 Å². The van der Waals surface area contributed by atoms with Crippen LogP contribution in [0.15, 0.2) is 23.3 Å². The number of hydrogen-bond acceptors (Lipinski definition) is 3. The van der Waals surface area contributed by atoms with Crippen molar-refractivity contribution in [2.75, 3.05) is 18.7 Å². The van der Waals surface area contributed by atoms with Crippen LogP contribution in [-0.2, 0) is 9.53 Å². The Bertz CT molecular complexity index is 490. The average molecular weight is 257 g/mol. The maximum absolute atomic E-state index is 13.3. The molecule has 0 bridgehead atoms. The summed E-state index contributed by atoms with van der Waals surface area (Å²) in [5.74, 6) is -0.786. The zero-order valence-corrected chi connectivity index (χ0v) is 9.87. The maximum atomic E-state index is 13.3. The van der Waals surface area contributed by atoms with Crippen LogP contribution >= 0.6 is 11.6 Å². The SMILES string of the molecule is COCC1=NN(c2ccc(Cl)c(F)c2)C(=O)C1. The molecule has 0 N–H and O–H groups in total. The molecule has 0 saturated heterocycles. The van der Waals surface area contributed by atoms with Crippen molar-refractivity contribution in [1.82, 2.24) is 0 Å². The fourth-order valence-corrected chi connectivity index (χ4v) is 1.66. The van der Waals surface area contributed by atoms with Crippen molar-refractivity contribution in [2.45, 2.75) is 6.42 Å². The van der Waals surface area contributed by atoms with Crippen LogP contribution in [0.5, 0.6) is 0 Å². The van der Waals surface area contributed by atoms with Gasteiger partial charge in [-0.05, 0) is 12.1 Å². The molecule has 1 heterocycles. The number of carbonyl (C=O) groups is 1. The van der Waals surface area contributed by atoms with E-state index in [1.54, 1.807) is 6.07 Å². The molecule has 1 aromatic rings. The molecule has 0 aromatic heterocycles. The largest absolute Gasteiger partial charge is 0.379 e. The zero-order chi connectivity index (χ0) is 12.4. The topological polar surface area (TPSA) is 41.9 Å². The van der Waals surface area contributed by atoms with E-state index in [2.05, 4.69) is 5.10 Å². The van der Waals surface area contributed by atoms with Crippen molar-refractivity contribution < 1.29 is 13.9 Å². The van der Waals surface area contributed by atoms with Gasteiger partial charge in [0.25, 0.3) is 5.91 Å². The van der Waals surface area contributed by atoms with E-state index in [4.69, 9.17) is 16.3 Å². The van der Waals surface area contributed by atoms with Crippen LogP contribution in [0.4, 0.5) is 10.1 Å². The molecule has 0 saturated carbocycles. The molecule has 1 aromatic carbocycles. The van der Waals surface area contributed by atoms with E-state index >= 15 is 0 Å². The fourth-order valence-electron chi connectivity index (χ4n) is 1.55. The molecule has 0 aliphatic carbocycles. The van der Waals surface area contributed by atoms with Gasteiger partial charge in [0, 0.05) is 13.2 Å². The second-order valence-corrected chi connectivity index (χ2v) is 3.99. The summed E-state index contributed by atoms with van der Waals surface area (Å²) in [6, 6.07) is 4.12. The second kappa shape index (κ2) is 4.81. The smallest absolute Gasteiger partial charge is 0.253 e. The molecule has 4 nitrogen and oxygen atoms in total. The van der Waals surface area contributed by atoms with Gasteiger partial charge in [0.15, 0.2) is 0 Å². The third-order valence-corrected chi connectivity index (χ3v) is 2.60. The highest BCUT2D eigenvalue weighted by Gasteiger charge is 2.25. The number of amides is 1. The van der Waals surface area contributed by atoms with Gasteiger partial charge in [0.2, 0.25) is 0 Å². The molecule has 0 fully saturated rings. The van der Waals surface area contributed by atoms with Crippen LogP contribution in [0.2, 0.25) is 5.02 Å². The monoisotopic (exact) mass is 256 g/mol. The molecule has 90 valence electrons.